The molecule has 1 atom stereocenters. The zero-order valence-corrected chi connectivity index (χ0v) is 22.3. The third kappa shape index (κ3) is 4.47. The van der Waals surface area contributed by atoms with Crippen molar-refractivity contribution in [1.82, 2.24) is 14.7 Å². The highest BCUT2D eigenvalue weighted by atomic mass is 127. The number of halogens is 2. The van der Waals surface area contributed by atoms with Gasteiger partial charge in [0.2, 0.25) is 0 Å². The van der Waals surface area contributed by atoms with Crippen LogP contribution in [0, 0.1) is 0 Å². The molecule has 2 amide bonds. The van der Waals surface area contributed by atoms with Crippen molar-refractivity contribution < 1.29 is 9.59 Å². The molecule has 3 heterocycles. The normalized spacial score (nSPS) is 21.5. The SMILES string of the molecule is I.O=C1c2cccc3cccc(c23)C(=O)N1CCN1CCN(C2=NCC(CI)S2)CC1. The Balaban J connectivity index is 0.00000231. The van der Waals surface area contributed by atoms with Crippen molar-refractivity contribution in [2.75, 3.05) is 50.2 Å². The number of alkyl halides is 1. The van der Waals surface area contributed by atoms with Crippen LogP contribution in [0.1, 0.15) is 20.7 Å². The van der Waals surface area contributed by atoms with Gasteiger partial charge in [-0.2, -0.15) is 0 Å². The summed E-state index contributed by atoms with van der Waals surface area (Å²) in [5.74, 6) is -0.353. The first-order valence-electron chi connectivity index (χ1n) is 10.3. The highest BCUT2D eigenvalue weighted by molar-refractivity contribution is 14.1. The van der Waals surface area contributed by atoms with E-state index < -0.39 is 0 Å². The molecule has 0 bridgehead atoms. The summed E-state index contributed by atoms with van der Waals surface area (Å²) in [6, 6.07) is 11.3. The number of thioether (sulfide) groups is 1. The minimum Gasteiger partial charge on any atom is -0.349 e. The second kappa shape index (κ2) is 9.92. The molecule has 0 radical (unpaired) electrons. The lowest BCUT2D eigenvalue weighted by molar-refractivity contribution is 0.0583. The van der Waals surface area contributed by atoms with Crippen LogP contribution in [0.25, 0.3) is 10.8 Å². The molecule has 3 aliphatic rings. The van der Waals surface area contributed by atoms with Gasteiger partial charge in [-0.15, -0.1) is 24.0 Å². The van der Waals surface area contributed by atoms with Crippen LogP contribution in [-0.2, 0) is 0 Å². The van der Waals surface area contributed by atoms with Gasteiger partial charge >= 0.3 is 0 Å². The number of imide groups is 1. The summed E-state index contributed by atoms with van der Waals surface area (Å²) in [6.45, 7) is 5.81. The van der Waals surface area contributed by atoms with Gasteiger partial charge in [0.25, 0.3) is 11.8 Å². The third-order valence-corrected chi connectivity index (χ3v) is 8.92. The van der Waals surface area contributed by atoms with Gasteiger partial charge in [0.05, 0.1) is 6.54 Å². The smallest absolute Gasteiger partial charge is 0.261 e. The zero-order chi connectivity index (χ0) is 20.7. The van der Waals surface area contributed by atoms with Gasteiger partial charge in [-0.3, -0.25) is 24.4 Å². The van der Waals surface area contributed by atoms with Gasteiger partial charge < -0.3 is 4.90 Å². The Morgan fingerprint density at radius 2 is 1.61 bits per heavy atom. The van der Waals surface area contributed by atoms with Gasteiger partial charge in [0.15, 0.2) is 5.17 Å². The number of piperazine rings is 1. The molecule has 164 valence electrons. The number of carbonyl (C=O) groups is 2. The molecule has 5 rings (SSSR count). The van der Waals surface area contributed by atoms with Crippen molar-refractivity contribution >= 4 is 86.1 Å². The molecule has 0 aliphatic carbocycles. The molecule has 1 fully saturated rings. The van der Waals surface area contributed by atoms with E-state index in [2.05, 4.69) is 32.4 Å². The largest absolute Gasteiger partial charge is 0.349 e. The molecule has 9 heteroatoms. The van der Waals surface area contributed by atoms with Crippen molar-refractivity contribution in [2.24, 2.45) is 4.99 Å². The predicted molar refractivity (Wildman–Crippen MR) is 145 cm³/mol. The van der Waals surface area contributed by atoms with Crippen molar-refractivity contribution in [1.29, 1.82) is 0 Å². The third-order valence-electron chi connectivity index (χ3n) is 6.01. The van der Waals surface area contributed by atoms with E-state index in [-0.39, 0.29) is 35.8 Å². The summed E-state index contributed by atoms with van der Waals surface area (Å²) in [4.78, 5) is 36.9. The quantitative estimate of drug-likeness (QED) is 0.285. The van der Waals surface area contributed by atoms with E-state index >= 15 is 0 Å². The van der Waals surface area contributed by atoms with Crippen molar-refractivity contribution in [2.45, 2.75) is 5.25 Å². The lowest BCUT2D eigenvalue weighted by atomic mass is 9.94. The van der Waals surface area contributed by atoms with E-state index in [1.165, 1.54) is 10.1 Å². The number of rotatable bonds is 4. The van der Waals surface area contributed by atoms with Gasteiger partial charge in [-0.25, -0.2) is 0 Å². The number of benzene rings is 2. The summed E-state index contributed by atoms with van der Waals surface area (Å²) in [5.41, 5.74) is 1.27. The Morgan fingerprint density at radius 1 is 0.968 bits per heavy atom. The average molecular weight is 662 g/mol. The molecule has 0 spiro atoms. The highest BCUT2D eigenvalue weighted by Crippen LogP contribution is 2.30. The Morgan fingerprint density at radius 3 is 2.19 bits per heavy atom. The standard InChI is InChI=1S/C22H23IN4O2S.HI/c23-13-16-14-24-22(30-16)26-10-7-25(8-11-26)9-12-27-20(28)17-5-1-3-15-4-2-6-18(19(15)17)21(27)29;/h1-6,16H,7-14H2;1H. The average Bonchev–Trinajstić information content (AvgIpc) is 3.27. The van der Waals surface area contributed by atoms with Crippen molar-refractivity contribution in [3.8, 4) is 0 Å². The molecule has 0 N–H and O–H groups in total. The van der Waals surface area contributed by atoms with Gasteiger partial charge in [0, 0.05) is 65.5 Å². The molecular formula is C22H24I2N4O2S. The maximum Gasteiger partial charge on any atom is 0.261 e. The molecule has 2 aromatic carbocycles. The first kappa shape index (κ1) is 23.2. The zero-order valence-electron chi connectivity index (χ0n) is 17.0. The maximum absolute atomic E-state index is 13.0. The highest BCUT2D eigenvalue weighted by Gasteiger charge is 2.33. The topological polar surface area (TPSA) is 56.2 Å². The predicted octanol–water partition coefficient (Wildman–Crippen LogP) is 3.58. The Kier molecular flexibility index (Phi) is 7.44. The fraction of sp³-hybridized carbons (Fsp3) is 0.409. The molecule has 6 nitrogen and oxygen atoms in total. The van der Waals surface area contributed by atoms with Crippen LogP contribution in [0.2, 0.25) is 0 Å². The van der Waals surface area contributed by atoms with E-state index in [0.717, 1.165) is 47.9 Å². The Labute approximate surface area is 217 Å². The number of carbonyl (C=O) groups excluding carboxylic acids is 2. The molecule has 31 heavy (non-hydrogen) atoms. The van der Waals surface area contributed by atoms with Gasteiger partial charge in [0.1, 0.15) is 0 Å². The Bertz CT molecular complexity index is 989. The summed E-state index contributed by atoms with van der Waals surface area (Å²) in [7, 11) is 0. The number of aliphatic imine (C=N–C) groups is 1. The second-order valence-electron chi connectivity index (χ2n) is 7.82. The lowest BCUT2D eigenvalue weighted by Gasteiger charge is -2.36. The van der Waals surface area contributed by atoms with E-state index in [4.69, 9.17) is 4.99 Å². The van der Waals surface area contributed by atoms with Gasteiger partial charge in [-0.05, 0) is 17.5 Å². The molecular weight excluding hydrogens is 638 g/mol. The van der Waals surface area contributed by atoms with E-state index in [9.17, 15) is 9.59 Å². The maximum atomic E-state index is 13.0. The molecule has 0 aromatic heterocycles. The summed E-state index contributed by atoms with van der Waals surface area (Å²) in [5, 5.41) is 3.53. The fourth-order valence-corrected chi connectivity index (χ4v) is 6.15. The van der Waals surface area contributed by atoms with Crippen LogP contribution in [0.5, 0.6) is 0 Å². The van der Waals surface area contributed by atoms with Gasteiger partial charge in [-0.1, -0.05) is 58.6 Å². The van der Waals surface area contributed by atoms with Crippen LogP contribution in [0.4, 0.5) is 0 Å². The first-order chi connectivity index (χ1) is 14.7. The summed E-state index contributed by atoms with van der Waals surface area (Å²) < 4.78 is 1.13. The number of hydrogen-bond donors (Lipinski definition) is 0. The van der Waals surface area contributed by atoms with E-state index in [0.29, 0.717) is 29.5 Å². The number of amides is 2. The number of hydrogen-bond acceptors (Lipinski definition) is 6. The minimum absolute atomic E-state index is 0. The van der Waals surface area contributed by atoms with Crippen LogP contribution >= 0.6 is 58.3 Å². The number of amidine groups is 1. The lowest BCUT2D eigenvalue weighted by Crippen LogP contribution is -2.51. The minimum atomic E-state index is -0.176. The van der Waals surface area contributed by atoms with E-state index in [1.54, 1.807) is 0 Å². The number of nitrogens with zero attached hydrogens (tertiary/aromatic N) is 4. The van der Waals surface area contributed by atoms with Crippen LogP contribution in [0.15, 0.2) is 41.4 Å². The van der Waals surface area contributed by atoms with Crippen LogP contribution < -0.4 is 0 Å². The fourth-order valence-electron chi connectivity index (χ4n) is 4.35. The van der Waals surface area contributed by atoms with E-state index in [1.807, 2.05) is 48.2 Å². The molecule has 3 aliphatic heterocycles. The summed E-state index contributed by atoms with van der Waals surface area (Å²) in [6.07, 6.45) is 0. The van der Waals surface area contributed by atoms with Crippen LogP contribution in [0.3, 0.4) is 0 Å². The second-order valence-corrected chi connectivity index (χ2v) is 9.97. The van der Waals surface area contributed by atoms with Crippen LogP contribution in [-0.4, -0.2) is 87.2 Å². The Hall–Kier alpha value is -0.920. The molecule has 0 saturated carbocycles. The monoisotopic (exact) mass is 662 g/mol. The summed E-state index contributed by atoms with van der Waals surface area (Å²) >= 11 is 4.33. The molecule has 1 unspecified atom stereocenters. The first-order valence-corrected chi connectivity index (χ1v) is 12.7. The molecule has 2 aromatic rings. The van der Waals surface area contributed by atoms with Crippen molar-refractivity contribution in [3.05, 3.63) is 47.5 Å². The molecule has 1 saturated heterocycles. The van der Waals surface area contributed by atoms with Crippen molar-refractivity contribution in [3.63, 3.8) is 0 Å².